The number of nitrogens with zero attached hydrogens (tertiary/aromatic N) is 1. The zero-order chi connectivity index (χ0) is 15.2. The zero-order valence-electron chi connectivity index (χ0n) is 12.2. The molecule has 1 aromatic rings. The molecule has 1 amide bonds. The third kappa shape index (κ3) is 4.04. The van der Waals surface area contributed by atoms with Crippen molar-refractivity contribution >= 4 is 11.9 Å². The molecule has 5 heteroatoms. The molecule has 3 N–H and O–H groups in total. The van der Waals surface area contributed by atoms with E-state index >= 15 is 0 Å². The number of amides is 1. The highest BCUT2D eigenvalue weighted by Crippen LogP contribution is 2.21. The molecule has 0 saturated heterocycles. The number of fused-ring (bicyclic) bond motifs is 1. The van der Waals surface area contributed by atoms with Gasteiger partial charge < -0.3 is 15.7 Å². The summed E-state index contributed by atoms with van der Waals surface area (Å²) in [6.07, 6.45) is 4.15. The Morgan fingerprint density at radius 3 is 2.71 bits per heavy atom. The molecule has 0 radical (unpaired) electrons. The molecule has 2 rings (SSSR count). The SMILES string of the molecule is NCCCCCC(=O)N1CCc2ccc(C(=O)O)cc2C1. The van der Waals surface area contributed by atoms with Crippen molar-refractivity contribution in [2.24, 2.45) is 5.73 Å². The maximum Gasteiger partial charge on any atom is 0.335 e. The second-order valence-corrected chi connectivity index (χ2v) is 5.45. The second kappa shape index (κ2) is 7.22. The number of carbonyl (C=O) groups excluding carboxylic acids is 1. The van der Waals surface area contributed by atoms with Crippen LogP contribution in [0, 0.1) is 0 Å². The van der Waals surface area contributed by atoms with Gasteiger partial charge in [0.2, 0.25) is 5.91 Å². The number of benzene rings is 1. The lowest BCUT2D eigenvalue weighted by Crippen LogP contribution is -2.35. The Hall–Kier alpha value is -1.88. The van der Waals surface area contributed by atoms with Crippen molar-refractivity contribution < 1.29 is 14.7 Å². The van der Waals surface area contributed by atoms with E-state index in [0.717, 1.165) is 43.4 Å². The minimum absolute atomic E-state index is 0.151. The maximum absolute atomic E-state index is 12.2. The summed E-state index contributed by atoms with van der Waals surface area (Å²) < 4.78 is 0. The summed E-state index contributed by atoms with van der Waals surface area (Å²) in [4.78, 5) is 25.0. The number of rotatable bonds is 6. The first-order chi connectivity index (χ1) is 10.1. The van der Waals surface area contributed by atoms with Gasteiger partial charge in [0.25, 0.3) is 0 Å². The molecule has 0 saturated carbocycles. The van der Waals surface area contributed by atoms with E-state index < -0.39 is 5.97 Å². The highest BCUT2D eigenvalue weighted by atomic mass is 16.4. The van der Waals surface area contributed by atoms with Crippen LogP contribution in [0.4, 0.5) is 0 Å². The molecule has 5 nitrogen and oxygen atoms in total. The molecule has 21 heavy (non-hydrogen) atoms. The molecule has 0 aromatic heterocycles. The standard InChI is InChI=1S/C16H22N2O3/c17-8-3-1-2-4-15(19)18-9-7-12-5-6-13(16(20)21)10-14(12)11-18/h5-6,10H,1-4,7-9,11,17H2,(H,20,21). The van der Waals surface area contributed by atoms with Gasteiger partial charge in [0.1, 0.15) is 0 Å². The van der Waals surface area contributed by atoms with Gasteiger partial charge in [-0.2, -0.15) is 0 Å². The van der Waals surface area contributed by atoms with E-state index in [1.54, 1.807) is 12.1 Å². The van der Waals surface area contributed by atoms with Crippen molar-refractivity contribution in [3.8, 4) is 0 Å². The van der Waals surface area contributed by atoms with Gasteiger partial charge in [-0.3, -0.25) is 4.79 Å². The molecule has 0 bridgehead atoms. The normalized spacial score (nSPS) is 13.9. The summed E-state index contributed by atoms with van der Waals surface area (Å²) in [6, 6.07) is 5.18. The summed E-state index contributed by atoms with van der Waals surface area (Å²) in [7, 11) is 0. The largest absolute Gasteiger partial charge is 0.478 e. The second-order valence-electron chi connectivity index (χ2n) is 5.45. The first kappa shape index (κ1) is 15.5. The molecule has 114 valence electrons. The van der Waals surface area contributed by atoms with Gasteiger partial charge >= 0.3 is 5.97 Å². The van der Waals surface area contributed by atoms with Gasteiger partial charge in [0.15, 0.2) is 0 Å². The summed E-state index contributed by atoms with van der Waals surface area (Å²) in [6.45, 7) is 1.91. The smallest absolute Gasteiger partial charge is 0.335 e. The Labute approximate surface area is 124 Å². The van der Waals surface area contributed by atoms with Crippen molar-refractivity contribution in [3.63, 3.8) is 0 Å². The average Bonchev–Trinajstić information content (AvgIpc) is 2.50. The van der Waals surface area contributed by atoms with Crippen molar-refractivity contribution in [1.82, 2.24) is 4.90 Å². The molecule has 0 spiro atoms. The van der Waals surface area contributed by atoms with Gasteiger partial charge in [-0.15, -0.1) is 0 Å². The van der Waals surface area contributed by atoms with E-state index in [-0.39, 0.29) is 11.5 Å². The molecule has 0 unspecified atom stereocenters. The predicted octanol–water partition coefficient (Wildman–Crippen LogP) is 1.79. The third-order valence-corrected chi connectivity index (χ3v) is 3.91. The molecule has 0 aliphatic carbocycles. The number of nitrogens with two attached hydrogens (primary N) is 1. The van der Waals surface area contributed by atoms with Gasteiger partial charge in [0, 0.05) is 19.5 Å². The predicted molar refractivity (Wildman–Crippen MR) is 80.0 cm³/mol. The first-order valence-corrected chi connectivity index (χ1v) is 7.44. The number of hydrogen-bond donors (Lipinski definition) is 2. The number of carbonyl (C=O) groups is 2. The maximum atomic E-state index is 12.2. The van der Waals surface area contributed by atoms with Crippen molar-refractivity contribution in [1.29, 1.82) is 0 Å². The minimum atomic E-state index is -0.928. The fourth-order valence-corrected chi connectivity index (χ4v) is 2.66. The van der Waals surface area contributed by atoms with Gasteiger partial charge in [-0.05, 0) is 49.1 Å². The van der Waals surface area contributed by atoms with Crippen LogP contribution in [-0.2, 0) is 17.8 Å². The lowest BCUT2D eigenvalue weighted by atomic mass is 9.97. The highest BCUT2D eigenvalue weighted by molar-refractivity contribution is 5.88. The molecular formula is C16H22N2O3. The minimum Gasteiger partial charge on any atom is -0.478 e. The van der Waals surface area contributed by atoms with E-state index in [2.05, 4.69) is 0 Å². The van der Waals surface area contributed by atoms with Crippen LogP contribution in [0.1, 0.15) is 47.2 Å². The van der Waals surface area contributed by atoms with Crippen LogP contribution in [0.25, 0.3) is 0 Å². The molecule has 1 aromatic carbocycles. The zero-order valence-corrected chi connectivity index (χ0v) is 12.2. The number of hydrogen-bond acceptors (Lipinski definition) is 3. The summed E-state index contributed by atoms with van der Waals surface area (Å²) in [5.41, 5.74) is 7.82. The average molecular weight is 290 g/mol. The quantitative estimate of drug-likeness (QED) is 0.782. The Balaban J connectivity index is 1.96. The summed E-state index contributed by atoms with van der Waals surface area (Å²) in [5.74, 6) is -0.776. The van der Waals surface area contributed by atoms with Crippen LogP contribution in [0.5, 0.6) is 0 Å². The Kier molecular flexibility index (Phi) is 5.33. The molecule has 1 aliphatic heterocycles. The van der Waals surface area contributed by atoms with Crippen molar-refractivity contribution in [2.45, 2.75) is 38.6 Å². The van der Waals surface area contributed by atoms with E-state index in [4.69, 9.17) is 10.8 Å². The number of carboxylic acid groups (broad SMARTS) is 1. The lowest BCUT2D eigenvalue weighted by molar-refractivity contribution is -0.132. The third-order valence-electron chi connectivity index (χ3n) is 3.91. The first-order valence-electron chi connectivity index (χ1n) is 7.44. The summed E-state index contributed by atoms with van der Waals surface area (Å²) >= 11 is 0. The van der Waals surface area contributed by atoms with Gasteiger partial charge in [0.05, 0.1) is 5.56 Å². The van der Waals surface area contributed by atoms with E-state index in [0.29, 0.717) is 19.5 Å². The molecular weight excluding hydrogens is 268 g/mol. The van der Waals surface area contributed by atoms with Crippen LogP contribution in [0.3, 0.4) is 0 Å². The lowest BCUT2D eigenvalue weighted by Gasteiger charge is -2.29. The monoisotopic (exact) mass is 290 g/mol. The van der Waals surface area contributed by atoms with E-state index in [1.165, 1.54) is 0 Å². The fraction of sp³-hybridized carbons (Fsp3) is 0.500. The highest BCUT2D eigenvalue weighted by Gasteiger charge is 2.21. The topological polar surface area (TPSA) is 83.6 Å². The Morgan fingerprint density at radius 1 is 1.19 bits per heavy atom. The van der Waals surface area contributed by atoms with Crippen LogP contribution in [0.2, 0.25) is 0 Å². The number of aromatic carboxylic acids is 1. The number of carboxylic acids is 1. The molecule has 0 fully saturated rings. The van der Waals surface area contributed by atoms with Crippen molar-refractivity contribution in [2.75, 3.05) is 13.1 Å². The van der Waals surface area contributed by atoms with Gasteiger partial charge in [-0.25, -0.2) is 4.79 Å². The van der Waals surface area contributed by atoms with E-state index in [1.807, 2.05) is 11.0 Å². The molecule has 1 aliphatic rings. The molecule has 0 atom stereocenters. The Morgan fingerprint density at radius 2 is 2.00 bits per heavy atom. The fourth-order valence-electron chi connectivity index (χ4n) is 2.66. The summed E-state index contributed by atoms with van der Waals surface area (Å²) in [5, 5.41) is 9.04. The van der Waals surface area contributed by atoms with Crippen LogP contribution < -0.4 is 5.73 Å². The van der Waals surface area contributed by atoms with Crippen LogP contribution >= 0.6 is 0 Å². The van der Waals surface area contributed by atoms with E-state index in [9.17, 15) is 9.59 Å². The molecule has 1 heterocycles. The Bertz CT molecular complexity index is 528. The van der Waals surface area contributed by atoms with Gasteiger partial charge in [-0.1, -0.05) is 12.5 Å². The van der Waals surface area contributed by atoms with Crippen LogP contribution in [0.15, 0.2) is 18.2 Å². The number of unbranched alkanes of at least 4 members (excludes halogenated alkanes) is 2. The van der Waals surface area contributed by atoms with Crippen molar-refractivity contribution in [3.05, 3.63) is 34.9 Å². The van der Waals surface area contributed by atoms with Crippen LogP contribution in [-0.4, -0.2) is 35.0 Å².